The van der Waals surface area contributed by atoms with Gasteiger partial charge in [-0.15, -0.1) is 12.4 Å². The number of nitrogens with two attached hydrogens (primary N) is 1. The van der Waals surface area contributed by atoms with E-state index in [2.05, 4.69) is 0 Å². The number of halogens is 1. The molecule has 0 bridgehead atoms. The van der Waals surface area contributed by atoms with Crippen LogP contribution >= 0.6 is 12.4 Å². The Bertz CT molecular complexity index is 228. The number of ether oxygens (including phenoxy) is 3. The fourth-order valence-electron chi connectivity index (χ4n) is 1.69. The third-order valence-corrected chi connectivity index (χ3v) is 2.47. The second kappa shape index (κ2) is 8.66. The molecular weight excluding hydrogens is 248 g/mol. The number of carbonyl (C=O) groups excluding carboxylic acids is 1. The number of methoxy groups -OCH3 is 2. The first-order chi connectivity index (χ1) is 7.69. The van der Waals surface area contributed by atoms with Crippen LogP contribution in [0.1, 0.15) is 0 Å². The standard InChI is InChI=1S/C10H20N2O4.ClH/c1-14-6-8-5-12(3-4-16-8)10(13)9(11)7-15-2;/h8-9H,3-7,11H2,1-2H3;1H. The van der Waals surface area contributed by atoms with E-state index in [1.54, 1.807) is 12.0 Å². The zero-order chi connectivity index (χ0) is 12.0. The molecule has 1 amide bonds. The van der Waals surface area contributed by atoms with E-state index in [0.717, 1.165) is 0 Å². The molecule has 6 nitrogen and oxygen atoms in total. The molecular formula is C10H21ClN2O4. The molecule has 1 aliphatic heterocycles. The molecule has 2 atom stereocenters. The number of morpholine rings is 1. The zero-order valence-electron chi connectivity index (χ0n) is 10.3. The SMILES string of the molecule is COCC1CN(C(=O)C(N)COC)CCO1.Cl. The summed E-state index contributed by atoms with van der Waals surface area (Å²) in [6.07, 6.45) is -0.0579. The number of rotatable bonds is 5. The van der Waals surface area contributed by atoms with Gasteiger partial charge in [0.25, 0.3) is 0 Å². The molecule has 102 valence electrons. The van der Waals surface area contributed by atoms with E-state index in [-0.39, 0.29) is 31.0 Å². The molecule has 1 saturated heterocycles. The first kappa shape index (κ1) is 16.6. The van der Waals surface area contributed by atoms with Crippen LogP contribution in [0.5, 0.6) is 0 Å². The van der Waals surface area contributed by atoms with Crippen molar-refractivity contribution in [2.75, 3.05) is 47.1 Å². The van der Waals surface area contributed by atoms with Gasteiger partial charge in [-0.2, -0.15) is 0 Å². The van der Waals surface area contributed by atoms with Crippen molar-refractivity contribution in [2.45, 2.75) is 12.1 Å². The topological polar surface area (TPSA) is 74.0 Å². The van der Waals surface area contributed by atoms with Crippen LogP contribution in [-0.4, -0.2) is 70.1 Å². The van der Waals surface area contributed by atoms with Crippen molar-refractivity contribution in [2.24, 2.45) is 5.73 Å². The Morgan fingerprint density at radius 3 is 2.82 bits per heavy atom. The van der Waals surface area contributed by atoms with Gasteiger partial charge in [-0.1, -0.05) is 0 Å². The van der Waals surface area contributed by atoms with Gasteiger partial charge in [0.2, 0.25) is 5.91 Å². The van der Waals surface area contributed by atoms with Crippen LogP contribution in [0, 0.1) is 0 Å². The fraction of sp³-hybridized carbons (Fsp3) is 0.900. The minimum atomic E-state index is -0.591. The Hall–Kier alpha value is -0.400. The summed E-state index contributed by atoms with van der Waals surface area (Å²) in [4.78, 5) is 13.6. The molecule has 1 rings (SSSR count). The molecule has 1 aliphatic rings. The van der Waals surface area contributed by atoms with Gasteiger partial charge < -0.3 is 24.8 Å². The summed E-state index contributed by atoms with van der Waals surface area (Å²) in [5.41, 5.74) is 5.69. The second-order valence-corrected chi connectivity index (χ2v) is 3.79. The monoisotopic (exact) mass is 268 g/mol. The second-order valence-electron chi connectivity index (χ2n) is 3.79. The van der Waals surface area contributed by atoms with Crippen molar-refractivity contribution in [3.05, 3.63) is 0 Å². The van der Waals surface area contributed by atoms with Gasteiger partial charge in [0, 0.05) is 27.3 Å². The molecule has 0 aromatic heterocycles. The minimum Gasteiger partial charge on any atom is -0.383 e. The maximum absolute atomic E-state index is 11.9. The van der Waals surface area contributed by atoms with Gasteiger partial charge in [-0.05, 0) is 0 Å². The van der Waals surface area contributed by atoms with Crippen LogP contribution in [-0.2, 0) is 19.0 Å². The van der Waals surface area contributed by atoms with Gasteiger partial charge >= 0.3 is 0 Å². The number of hydrogen-bond acceptors (Lipinski definition) is 5. The maximum Gasteiger partial charge on any atom is 0.242 e. The van der Waals surface area contributed by atoms with E-state index in [9.17, 15) is 4.79 Å². The van der Waals surface area contributed by atoms with Gasteiger partial charge in [0.1, 0.15) is 6.04 Å². The van der Waals surface area contributed by atoms with Crippen LogP contribution in [0.2, 0.25) is 0 Å². The minimum absolute atomic E-state index is 0. The van der Waals surface area contributed by atoms with E-state index in [1.165, 1.54) is 7.11 Å². The smallest absolute Gasteiger partial charge is 0.242 e. The van der Waals surface area contributed by atoms with E-state index in [0.29, 0.717) is 26.3 Å². The van der Waals surface area contributed by atoms with Gasteiger partial charge in [-0.25, -0.2) is 0 Å². The van der Waals surface area contributed by atoms with Crippen LogP contribution in [0.15, 0.2) is 0 Å². The third-order valence-electron chi connectivity index (χ3n) is 2.47. The van der Waals surface area contributed by atoms with E-state index >= 15 is 0 Å². The van der Waals surface area contributed by atoms with Crippen molar-refractivity contribution in [3.8, 4) is 0 Å². The van der Waals surface area contributed by atoms with Crippen LogP contribution in [0.3, 0.4) is 0 Å². The van der Waals surface area contributed by atoms with E-state index < -0.39 is 6.04 Å². The largest absolute Gasteiger partial charge is 0.383 e. The van der Waals surface area contributed by atoms with Crippen LogP contribution in [0.25, 0.3) is 0 Å². The predicted molar refractivity (Wildman–Crippen MR) is 65.3 cm³/mol. The van der Waals surface area contributed by atoms with Gasteiger partial charge in [0.05, 0.1) is 25.9 Å². The molecule has 0 radical (unpaired) electrons. The van der Waals surface area contributed by atoms with Gasteiger partial charge in [0.15, 0.2) is 0 Å². The molecule has 0 saturated carbocycles. The lowest BCUT2D eigenvalue weighted by Crippen LogP contribution is -2.53. The summed E-state index contributed by atoms with van der Waals surface area (Å²) in [5.74, 6) is -0.0914. The molecule has 17 heavy (non-hydrogen) atoms. The number of carbonyl (C=O) groups is 1. The molecule has 1 heterocycles. The Morgan fingerprint density at radius 1 is 1.53 bits per heavy atom. The molecule has 0 aromatic rings. The number of nitrogens with zero attached hydrogens (tertiary/aromatic N) is 1. The molecule has 1 fully saturated rings. The lowest BCUT2D eigenvalue weighted by atomic mass is 10.2. The Balaban J connectivity index is 0.00000256. The molecule has 0 spiro atoms. The van der Waals surface area contributed by atoms with Crippen molar-refractivity contribution in [3.63, 3.8) is 0 Å². The van der Waals surface area contributed by atoms with E-state index in [1.807, 2.05) is 0 Å². The average molecular weight is 269 g/mol. The van der Waals surface area contributed by atoms with Crippen molar-refractivity contribution >= 4 is 18.3 Å². The Kier molecular flexibility index (Phi) is 8.45. The maximum atomic E-state index is 11.9. The van der Waals surface area contributed by atoms with Crippen LogP contribution < -0.4 is 5.73 Å². The molecule has 7 heteroatoms. The highest BCUT2D eigenvalue weighted by atomic mass is 35.5. The molecule has 2 N–H and O–H groups in total. The lowest BCUT2D eigenvalue weighted by molar-refractivity contribution is -0.143. The van der Waals surface area contributed by atoms with Crippen LogP contribution in [0.4, 0.5) is 0 Å². The molecule has 0 aromatic carbocycles. The number of amides is 1. The first-order valence-electron chi connectivity index (χ1n) is 5.33. The summed E-state index contributed by atoms with van der Waals surface area (Å²) >= 11 is 0. The fourth-order valence-corrected chi connectivity index (χ4v) is 1.69. The Morgan fingerprint density at radius 2 is 2.24 bits per heavy atom. The van der Waals surface area contributed by atoms with Crippen molar-refractivity contribution < 1.29 is 19.0 Å². The summed E-state index contributed by atoms with van der Waals surface area (Å²) in [5, 5.41) is 0. The number of hydrogen-bond donors (Lipinski definition) is 1. The lowest BCUT2D eigenvalue weighted by Gasteiger charge is -2.33. The molecule has 2 unspecified atom stereocenters. The summed E-state index contributed by atoms with van der Waals surface area (Å²) in [7, 11) is 3.14. The third kappa shape index (κ3) is 5.18. The summed E-state index contributed by atoms with van der Waals surface area (Å²) in [6.45, 7) is 2.37. The van der Waals surface area contributed by atoms with E-state index in [4.69, 9.17) is 19.9 Å². The highest BCUT2D eigenvalue weighted by Gasteiger charge is 2.27. The first-order valence-corrected chi connectivity index (χ1v) is 5.33. The Labute approximate surface area is 108 Å². The van der Waals surface area contributed by atoms with Crippen molar-refractivity contribution in [1.82, 2.24) is 4.90 Å². The summed E-state index contributed by atoms with van der Waals surface area (Å²) < 4.78 is 15.3. The average Bonchev–Trinajstić information content (AvgIpc) is 2.29. The zero-order valence-corrected chi connectivity index (χ0v) is 11.1. The quantitative estimate of drug-likeness (QED) is 0.711. The normalized spacial score (nSPS) is 21.8. The molecule has 0 aliphatic carbocycles. The highest BCUT2D eigenvalue weighted by Crippen LogP contribution is 2.07. The van der Waals surface area contributed by atoms with Crippen molar-refractivity contribution in [1.29, 1.82) is 0 Å². The van der Waals surface area contributed by atoms with Gasteiger partial charge in [-0.3, -0.25) is 4.79 Å². The summed E-state index contributed by atoms with van der Waals surface area (Å²) in [6, 6.07) is -0.591. The highest BCUT2D eigenvalue weighted by molar-refractivity contribution is 5.85. The predicted octanol–water partition coefficient (Wildman–Crippen LogP) is -0.744.